The minimum absolute atomic E-state index is 0.0541. The maximum Gasteiger partial charge on any atom is 0.237 e. The summed E-state index contributed by atoms with van der Waals surface area (Å²) in [6, 6.07) is 8.43. The largest absolute Gasteiger partial charge is 0.497 e. The summed E-state index contributed by atoms with van der Waals surface area (Å²) in [6.45, 7) is 8.86. The number of piperidine rings is 1. The fourth-order valence-electron chi connectivity index (χ4n) is 3.00. The zero-order valence-corrected chi connectivity index (χ0v) is 15.3. The standard InChI is InChI=1S/C19H31N3O2/c1-14(2)13-20-19(23)15(3)22-10-8-16(9-11-22)21-17-6-5-7-18(12-17)24-4/h5-7,12,14-16,21H,8-11,13H2,1-4H3,(H,20,23)/t15-/m1/s1. The Bertz CT molecular complexity index is 525. The highest BCUT2D eigenvalue weighted by Crippen LogP contribution is 2.21. The van der Waals surface area contributed by atoms with E-state index in [0.29, 0.717) is 12.0 Å². The topological polar surface area (TPSA) is 53.6 Å². The highest BCUT2D eigenvalue weighted by molar-refractivity contribution is 5.81. The van der Waals surface area contributed by atoms with Crippen molar-refractivity contribution < 1.29 is 9.53 Å². The van der Waals surface area contributed by atoms with Crippen LogP contribution in [0.4, 0.5) is 5.69 Å². The van der Waals surface area contributed by atoms with E-state index in [1.54, 1.807) is 7.11 Å². The van der Waals surface area contributed by atoms with Crippen LogP contribution < -0.4 is 15.4 Å². The number of methoxy groups -OCH3 is 1. The van der Waals surface area contributed by atoms with Gasteiger partial charge in [0.1, 0.15) is 5.75 Å². The lowest BCUT2D eigenvalue weighted by molar-refractivity contribution is -0.126. The number of amides is 1. The molecule has 1 heterocycles. The Morgan fingerprint density at radius 2 is 2.00 bits per heavy atom. The minimum Gasteiger partial charge on any atom is -0.497 e. The van der Waals surface area contributed by atoms with Crippen molar-refractivity contribution in [1.82, 2.24) is 10.2 Å². The third kappa shape index (κ3) is 5.41. The monoisotopic (exact) mass is 333 g/mol. The van der Waals surface area contributed by atoms with Crippen LogP contribution in [-0.4, -0.2) is 49.6 Å². The van der Waals surface area contributed by atoms with Crippen molar-refractivity contribution in [3.8, 4) is 5.75 Å². The van der Waals surface area contributed by atoms with Crippen LogP contribution in [-0.2, 0) is 4.79 Å². The summed E-state index contributed by atoms with van der Waals surface area (Å²) in [4.78, 5) is 14.5. The number of rotatable bonds is 7. The summed E-state index contributed by atoms with van der Waals surface area (Å²) < 4.78 is 5.27. The second-order valence-corrected chi connectivity index (χ2v) is 7.00. The molecule has 0 saturated carbocycles. The molecular weight excluding hydrogens is 302 g/mol. The molecule has 2 rings (SSSR count). The number of benzene rings is 1. The molecule has 134 valence electrons. The van der Waals surface area contributed by atoms with E-state index in [-0.39, 0.29) is 11.9 Å². The lowest BCUT2D eigenvalue weighted by atomic mass is 10.0. The Labute approximate surface area is 145 Å². The Kier molecular flexibility index (Phi) is 6.91. The number of anilines is 1. The molecule has 1 amide bonds. The summed E-state index contributed by atoms with van der Waals surface area (Å²) in [6.07, 6.45) is 2.08. The van der Waals surface area contributed by atoms with Gasteiger partial charge in [0, 0.05) is 37.4 Å². The Morgan fingerprint density at radius 3 is 2.62 bits per heavy atom. The molecule has 1 aliphatic heterocycles. The fraction of sp³-hybridized carbons (Fsp3) is 0.632. The molecule has 1 aliphatic rings. The van der Waals surface area contributed by atoms with Gasteiger partial charge in [-0.2, -0.15) is 0 Å². The van der Waals surface area contributed by atoms with Gasteiger partial charge in [-0.05, 0) is 37.8 Å². The van der Waals surface area contributed by atoms with Crippen LogP contribution in [0.1, 0.15) is 33.6 Å². The lowest BCUT2D eigenvalue weighted by Crippen LogP contribution is -2.50. The van der Waals surface area contributed by atoms with E-state index in [4.69, 9.17) is 4.74 Å². The molecule has 0 spiro atoms. The van der Waals surface area contributed by atoms with Gasteiger partial charge >= 0.3 is 0 Å². The molecule has 2 N–H and O–H groups in total. The summed E-state index contributed by atoms with van der Waals surface area (Å²) in [7, 11) is 1.68. The molecule has 0 radical (unpaired) electrons. The molecule has 0 aliphatic carbocycles. The van der Waals surface area contributed by atoms with Crippen molar-refractivity contribution in [2.24, 2.45) is 5.92 Å². The first-order valence-corrected chi connectivity index (χ1v) is 8.92. The molecule has 0 unspecified atom stereocenters. The van der Waals surface area contributed by atoms with Crippen LogP contribution in [0.2, 0.25) is 0 Å². The van der Waals surface area contributed by atoms with E-state index in [2.05, 4.69) is 35.4 Å². The average Bonchev–Trinajstić information content (AvgIpc) is 2.59. The van der Waals surface area contributed by atoms with Gasteiger partial charge in [0.05, 0.1) is 13.2 Å². The van der Waals surface area contributed by atoms with Gasteiger partial charge in [0.25, 0.3) is 0 Å². The van der Waals surface area contributed by atoms with E-state index in [0.717, 1.165) is 43.9 Å². The molecule has 1 fully saturated rings. The maximum atomic E-state index is 12.2. The lowest BCUT2D eigenvalue weighted by Gasteiger charge is -2.36. The molecule has 0 bridgehead atoms. The van der Waals surface area contributed by atoms with Crippen LogP contribution >= 0.6 is 0 Å². The quantitative estimate of drug-likeness (QED) is 0.806. The Hall–Kier alpha value is -1.75. The number of nitrogens with zero attached hydrogens (tertiary/aromatic N) is 1. The number of hydrogen-bond donors (Lipinski definition) is 2. The van der Waals surface area contributed by atoms with E-state index >= 15 is 0 Å². The number of hydrogen-bond acceptors (Lipinski definition) is 4. The summed E-state index contributed by atoms with van der Waals surface area (Å²) in [5.74, 6) is 1.50. The maximum absolute atomic E-state index is 12.2. The van der Waals surface area contributed by atoms with Gasteiger partial charge in [-0.25, -0.2) is 0 Å². The van der Waals surface area contributed by atoms with Crippen LogP contribution in [0.3, 0.4) is 0 Å². The number of ether oxygens (including phenoxy) is 1. The molecular formula is C19H31N3O2. The molecule has 1 aromatic carbocycles. The number of carbonyl (C=O) groups is 1. The summed E-state index contributed by atoms with van der Waals surface area (Å²) in [5.41, 5.74) is 1.09. The zero-order valence-electron chi connectivity index (χ0n) is 15.3. The van der Waals surface area contributed by atoms with Crippen LogP contribution in [0, 0.1) is 5.92 Å². The van der Waals surface area contributed by atoms with Gasteiger partial charge in [-0.3, -0.25) is 9.69 Å². The van der Waals surface area contributed by atoms with Gasteiger partial charge in [0.2, 0.25) is 5.91 Å². The predicted molar refractivity (Wildman–Crippen MR) is 98.5 cm³/mol. The third-order valence-corrected chi connectivity index (χ3v) is 4.58. The number of carbonyl (C=O) groups excluding carboxylic acids is 1. The minimum atomic E-state index is -0.0541. The second-order valence-electron chi connectivity index (χ2n) is 7.00. The van der Waals surface area contributed by atoms with E-state index in [1.807, 2.05) is 25.1 Å². The molecule has 5 heteroatoms. The summed E-state index contributed by atoms with van der Waals surface area (Å²) in [5, 5.41) is 6.61. The first kappa shape index (κ1) is 18.6. The number of likely N-dealkylation sites (tertiary alicyclic amines) is 1. The normalized spacial score (nSPS) is 17.5. The van der Waals surface area contributed by atoms with Gasteiger partial charge in [0.15, 0.2) is 0 Å². The van der Waals surface area contributed by atoms with Crippen molar-refractivity contribution >= 4 is 11.6 Å². The average molecular weight is 333 g/mol. The highest BCUT2D eigenvalue weighted by atomic mass is 16.5. The SMILES string of the molecule is COc1cccc(NC2CCN([C@H](C)C(=O)NCC(C)C)CC2)c1. The van der Waals surface area contributed by atoms with Crippen LogP contribution in [0.5, 0.6) is 5.75 Å². The highest BCUT2D eigenvalue weighted by Gasteiger charge is 2.26. The van der Waals surface area contributed by atoms with E-state index in [1.165, 1.54) is 0 Å². The summed E-state index contributed by atoms with van der Waals surface area (Å²) >= 11 is 0. The van der Waals surface area contributed by atoms with Gasteiger partial charge in [-0.1, -0.05) is 19.9 Å². The van der Waals surface area contributed by atoms with E-state index in [9.17, 15) is 4.79 Å². The fourth-order valence-corrected chi connectivity index (χ4v) is 3.00. The van der Waals surface area contributed by atoms with Crippen molar-refractivity contribution in [2.75, 3.05) is 32.1 Å². The van der Waals surface area contributed by atoms with Crippen molar-refractivity contribution in [1.29, 1.82) is 0 Å². The van der Waals surface area contributed by atoms with Gasteiger partial charge < -0.3 is 15.4 Å². The first-order valence-electron chi connectivity index (χ1n) is 8.92. The molecule has 1 saturated heterocycles. The van der Waals surface area contributed by atoms with Crippen LogP contribution in [0.15, 0.2) is 24.3 Å². The molecule has 1 aromatic rings. The van der Waals surface area contributed by atoms with Crippen molar-refractivity contribution in [2.45, 2.75) is 45.7 Å². The van der Waals surface area contributed by atoms with Crippen molar-refractivity contribution in [3.05, 3.63) is 24.3 Å². The first-order chi connectivity index (χ1) is 11.5. The van der Waals surface area contributed by atoms with Crippen LogP contribution in [0.25, 0.3) is 0 Å². The predicted octanol–water partition coefficient (Wildman–Crippen LogP) is 2.73. The van der Waals surface area contributed by atoms with E-state index < -0.39 is 0 Å². The molecule has 24 heavy (non-hydrogen) atoms. The smallest absolute Gasteiger partial charge is 0.237 e. The van der Waals surface area contributed by atoms with Crippen molar-refractivity contribution in [3.63, 3.8) is 0 Å². The third-order valence-electron chi connectivity index (χ3n) is 4.58. The zero-order chi connectivity index (χ0) is 17.5. The second kappa shape index (κ2) is 8.92. The Balaban J connectivity index is 1.79. The molecule has 1 atom stereocenters. The molecule has 0 aromatic heterocycles. The van der Waals surface area contributed by atoms with Gasteiger partial charge in [-0.15, -0.1) is 0 Å². The number of nitrogens with one attached hydrogen (secondary N) is 2. The molecule has 5 nitrogen and oxygen atoms in total. The Morgan fingerprint density at radius 1 is 1.29 bits per heavy atom.